The third kappa shape index (κ3) is 4.75. The highest BCUT2D eigenvalue weighted by molar-refractivity contribution is 5.74. The van der Waals surface area contributed by atoms with Crippen LogP contribution in [0.1, 0.15) is 19.3 Å². The second kappa shape index (κ2) is 8.21. The van der Waals surface area contributed by atoms with E-state index in [0.717, 1.165) is 18.4 Å². The van der Waals surface area contributed by atoms with Gasteiger partial charge in [-0.3, -0.25) is 4.79 Å². The molecule has 0 spiro atoms. The van der Waals surface area contributed by atoms with Crippen LogP contribution >= 0.6 is 0 Å². The topological polar surface area (TPSA) is 77.1 Å². The van der Waals surface area contributed by atoms with E-state index in [9.17, 15) is 4.79 Å². The molecule has 1 aliphatic heterocycles. The fourth-order valence-corrected chi connectivity index (χ4v) is 2.93. The van der Waals surface area contributed by atoms with Gasteiger partial charge in [0.25, 0.3) is 0 Å². The molecule has 2 aromatic rings. The number of nitrogens with zero attached hydrogens (tertiary/aromatic N) is 4. The molecule has 24 heavy (non-hydrogen) atoms. The average molecular weight is 330 g/mol. The molecule has 2 N–H and O–H groups in total. The molecule has 0 aliphatic carbocycles. The molecule has 0 saturated carbocycles. The summed E-state index contributed by atoms with van der Waals surface area (Å²) in [7, 11) is 2.19. The number of aromatic amines is 1. The van der Waals surface area contributed by atoms with Crippen LogP contribution in [-0.4, -0.2) is 71.1 Å². The lowest BCUT2D eigenvalue weighted by Crippen LogP contribution is -2.44. The highest BCUT2D eigenvalue weighted by Crippen LogP contribution is 2.08. The fourth-order valence-electron chi connectivity index (χ4n) is 2.93. The molecule has 7 heteroatoms. The second-order valence-corrected chi connectivity index (χ2v) is 6.45. The van der Waals surface area contributed by atoms with Gasteiger partial charge in [0.05, 0.1) is 0 Å². The zero-order valence-electron chi connectivity index (χ0n) is 14.3. The number of anilines is 1. The van der Waals surface area contributed by atoms with Crippen LogP contribution in [0, 0.1) is 0 Å². The number of H-pyrrole nitrogens is 1. The zero-order chi connectivity index (χ0) is 16.8. The lowest BCUT2D eigenvalue weighted by molar-refractivity contribution is 0.152. The Balaban J connectivity index is 1.35. The van der Waals surface area contributed by atoms with Crippen molar-refractivity contribution < 1.29 is 0 Å². The molecule has 0 aromatic carbocycles. The van der Waals surface area contributed by atoms with Crippen molar-refractivity contribution in [2.24, 2.45) is 0 Å². The molecule has 3 rings (SSSR count). The second-order valence-electron chi connectivity index (χ2n) is 6.45. The first kappa shape index (κ1) is 16.9. The summed E-state index contributed by atoms with van der Waals surface area (Å²) >= 11 is 0. The SMILES string of the molecule is CN1CCN(CCCCCNc2ncc3ccc(=O)[nH]c3n2)CC1. The number of unbranched alkanes of at least 4 members (excludes halogenated alkanes) is 2. The Kier molecular flexibility index (Phi) is 5.77. The first-order valence-electron chi connectivity index (χ1n) is 8.71. The van der Waals surface area contributed by atoms with Crippen molar-refractivity contribution in [2.45, 2.75) is 19.3 Å². The molecule has 0 radical (unpaired) electrons. The van der Waals surface area contributed by atoms with Crippen LogP contribution in [0.5, 0.6) is 0 Å². The molecule has 1 aliphatic rings. The van der Waals surface area contributed by atoms with E-state index in [0.29, 0.717) is 11.6 Å². The zero-order valence-corrected chi connectivity index (χ0v) is 14.3. The summed E-state index contributed by atoms with van der Waals surface area (Å²) in [5.74, 6) is 0.573. The van der Waals surface area contributed by atoms with Crippen LogP contribution in [0.15, 0.2) is 23.1 Å². The molecule has 0 unspecified atom stereocenters. The summed E-state index contributed by atoms with van der Waals surface area (Å²) < 4.78 is 0. The van der Waals surface area contributed by atoms with Crippen LogP contribution < -0.4 is 10.9 Å². The largest absolute Gasteiger partial charge is 0.354 e. The summed E-state index contributed by atoms with van der Waals surface area (Å²) in [6, 6.07) is 3.22. The summed E-state index contributed by atoms with van der Waals surface area (Å²) in [5.41, 5.74) is 0.436. The number of hydrogen-bond acceptors (Lipinski definition) is 6. The number of piperazine rings is 1. The molecule has 0 bridgehead atoms. The predicted octanol–water partition coefficient (Wildman–Crippen LogP) is 1.15. The Morgan fingerprint density at radius 3 is 2.83 bits per heavy atom. The van der Waals surface area contributed by atoms with Crippen molar-refractivity contribution >= 4 is 17.0 Å². The number of aromatic nitrogens is 3. The monoisotopic (exact) mass is 330 g/mol. The summed E-state index contributed by atoms with van der Waals surface area (Å²) in [5, 5.41) is 4.08. The van der Waals surface area contributed by atoms with E-state index in [2.05, 4.69) is 37.1 Å². The first-order chi connectivity index (χ1) is 11.7. The third-order valence-electron chi connectivity index (χ3n) is 4.50. The number of nitrogens with one attached hydrogen (secondary N) is 2. The van der Waals surface area contributed by atoms with Crippen molar-refractivity contribution in [2.75, 3.05) is 51.6 Å². The van der Waals surface area contributed by atoms with Gasteiger partial charge in [0.1, 0.15) is 5.65 Å². The highest BCUT2D eigenvalue weighted by atomic mass is 16.1. The molecule has 2 aromatic heterocycles. The highest BCUT2D eigenvalue weighted by Gasteiger charge is 2.12. The molecular formula is C17H26N6O. The Hall–Kier alpha value is -1.99. The van der Waals surface area contributed by atoms with Crippen molar-refractivity contribution in [3.63, 3.8) is 0 Å². The Morgan fingerprint density at radius 1 is 1.17 bits per heavy atom. The van der Waals surface area contributed by atoms with Crippen molar-refractivity contribution in [3.05, 3.63) is 28.7 Å². The van der Waals surface area contributed by atoms with E-state index in [1.165, 1.54) is 51.6 Å². The molecule has 0 atom stereocenters. The van der Waals surface area contributed by atoms with Gasteiger partial charge >= 0.3 is 0 Å². The quantitative estimate of drug-likeness (QED) is 0.742. The summed E-state index contributed by atoms with van der Waals surface area (Å²) in [6.07, 6.45) is 5.26. The van der Waals surface area contributed by atoms with Gasteiger partial charge in [0, 0.05) is 50.4 Å². The standard InChI is InChI=1S/C17H26N6O/c1-22-9-11-23(12-10-22)8-4-2-3-7-18-17-19-13-14-5-6-15(24)20-16(14)21-17/h5-6,13H,2-4,7-12H2,1H3,(H2,18,19,20,21,24). The molecule has 1 saturated heterocycles. The van der Waals surface area contributed by atoms with Gasteiger partial charge in [-0.1, -0.05) is 6.42 Å². The number of likely N-dealkylation sites (N-methyl/N-ethyl adjacent to an activating group) is 1. The van der Waals surface area contributed by atoms with E-state index in [1.54, 1.807) is 12.3 Å². The minimum atomic E-state index is -0.143. The number of rotatable bonds is 7. The average Bonchev–Trinajstić information content (AvgIpc) is 2.59. The lowest BCUT2D eigenvalue weighted by Gasteiger charge is -2.32. The molecule has 130 valence electrons. The van der Waals surface area contributed by atoms with Crippen LogP contribution in [0.3, 0.4) is 0 Å². The fraction of sp³-hybridized carbons (Fsp3) is 0.588. The Labute approximate surface area is 142 Å². The molecule has 0 amide bonds. The lowest BCUT2D eigenvalue weighted by atomic mass is 10.2. The normalized spacial score (nSPS) is 16.5. The molecule has 3 heterocycles. The number of hydrogen-bond donors (Lipinski definition) is 2. The minimum Gasteiger partial charge on any atom is -0.354 e. The van der Waals surface area contributed by atoms with Crippen molar-refractivity contribution in [3.8, 4) is 0 Å². The third-order valence-corrected chi connectivity index (χ3v) is 4.50. The van der Waals surface area contributed by atoms with Crippen molar-refractivity contribution in [1.82, 2.24) is 24.8 Å². The van der Waals surface area contributed by atoms with Gasteiger partial charge in [-0.05, 0) is 32.5 Å². The van der Waals surface area contributed by atoms with E-state index >= 15 is 0 Å². The predicted molar refractivity (Wildman–Crippen MR) is 96.4 cm³/mol. The maximum absolute atomic E-state index is 11.3. The Bertz CT molecular complexity index is 708. The first-order valence-corrected chi connectivity index (χ1v) is 8.71. The molecule has 7 nitrogen and oxygen atoms in total. The van der Waals surface area contributed by atoms with E-state index < -0.39 is 0 Å². The van der Waals surface area contributed by atoms with Crippen LogP contribution in [0.4, 0.5) is 5.95 Å². The van der Waals surface area contributed by atoms with Gasteiger partial charge in [0.2, 0.25) is 11.5 Å². The van der Waals surface area contributed by atoms with Gasteiger partial charge in [-0.2, -0.15) is 4.98 Å². The van der Waals surface area contributed by atoms with E-state index in [1.807, 2.05) is 0 Å². The van der Waals surface area contributed by atoms with Gasteiger partial charge in [-0.25, -0.2) is 4.98 Å². The van der Waals surface area contributed by atoms with Crippen LogP contribution in [0.2, 0.25) is 0 Å². The Morgan fingerprint density at radius 2 is 2.00 bits per heavy atom. The van der Waals surface area contributed by atoms with Gasteiger partial charge in [-0.15, -0.1) is 0 Å². The van der Waals surface area contributed by atoms with E-state index in [-0.39, 0.29) is 5.56 Å². The molecular weight excluding hydrogens is 304 g/mol. The maximum atomic E-state index is 11.3. The van der Waals surface area contributed by atoms with E-state index in [4.69, 9.17) is 0 Å². The van der Waals surface area contributed by atoms with Gasteiger partial charge in [0.15, 0.2) is 0 Å². The number of pyridine rings is 1. The van der Waals surface area contributed by atoms with Crippen LogP contribution in [0.25, 0.3) is 11.0 Å². The van der Waals surface area contributed by atoms with Gasteiger partial charge < -0.3 is 20.1 Å². The number of fused-ring (bicyclic) bond motifs is 1. The smallest absolute Gasteiger partial charge is 0.249 e. The summed E-state index contributed by atoms with van der Waals surface area (Å²) in [6.45, 7) is 6.80. The maximum Gasteiger partial charge on any atom is 0.249 e. The van der Waals surface area contributed by atoms with Crippen LogP contribution in [-0.2, 0) is 0 Å². The summed E-state index contributed by atoms with van der Waals surface area (Å²) in [4.78, 5) is 27.6. The van der Waals surface area contributed by atoms with Crippen molar-refractivity contribution in [1.29, 1.82) is 0 Å². The minimum absolute atomic E-state index is 0.143. The molecule has 1 fully saturated rings.